The van der Waals surface area contributed by atoms with Crippen LogP contribution in [0.3, 0.4) is 0 Å². The lowest BCUT2D eigenvalue weighted by atomic mass is 10.0. The number of anilines is 1. The Bertz CT molecular complexity index is 1210. The van der Waals surface area contributed by atoms with E-state index in [9.17, 15) is 10.1 Å². The fourth-order valence-electron chi connectivity index (χ4n) is 3.63. The number of rotatable bonds is 6. The number of aryl methyl sites for hydroxylation is 1. The van der Waals surface area contributed by atoms with Crippen LogP contribution in [-0.4, -0.2) is 26.8 Å². The Morgan fingerprint density at radius 2 is 1.97 bits per heavy atom. The van der Waals surface area contributed by atoms with Crippen molar-refractivity contribution in [3.8, 4) is 23.2 Å². The van der Waals surface area contributed by atoms with Crippen LogP contribution in [0, 0.1) is 18.3 Å². The molecule has 1 aromatic heterocycles. The number of amides is 1. The summed E-state index contributed by atoms with van der Waals surface area (Å²) in [6, 6.07) is 15.1. The molecule has 0 unspecified atom stereocenters. The number of hydrogen-bond donors (Lipinski definition) is 0. The first-order valence-electron chi connectivity index (χ1n) is 11.0. The second kappa shape index (κ2) is 10.0. The second-order valence-electron chi connectivity index (χ2n) is 7.79. The summed E-state index contributed by atoms with van der Waals surface area (Å²) in [5, 5.41) is 18.5. The maximum atomic E-state index is 13.2. The van der Waals surface area contributed by atoms with Crippen LogP contribution >= 0.6 is 11.8 Å². The number of carbonyl (C=O) groups is 1. The van der Waals surface area contributed by atoms with Gasteiger partial charge in [0.1, 0.15) is 0 Å². The van der Waals surface area contributed by atoms with Gasteiger partial charge >= 0.3 is 0 Å². The zero-order chi connectivity index (χ0) is 23.4. The number of hydrogen-bond acceptors (Lipinski definition) is 7. The minimum absolute atomic E-state index is 0.0900. The standard InChI is InChI=1S/C25H25N5O2S/c1-4-6-13-33-25-27-23-22(28-29-25)19-14-16(3)7-12-20(19)30(21(31)5-2)24(32-23)18-10-8-17(15-26)9-11-18/h7-12,14,24H,4-6,13H2,1-3H3/t24-/m0/s1. The van der Waals surface area contributed by atoms with Crippen LogP contribution in [0.25, 0.3) is 11.3 Å². The van der Waals surface area contributed by atoms with Crippen molar-refractivity contribution in [1.29, 1.82) is 5.26 Å². The largest absolute Gasteiger partial charge is 0.447 e. The molecule has 2 aromatic carbocycles. The van der Waals surface area contributed by atoms with Crippen molar-refractivity contribution >= 4 is 23.4 Å². The van der Waals surface area contributed by atoms with E-state index >= 15 is 0 Å². The third kappa shape index (κ3) is 4.69. The number of ether oxygens (including phenoxy) is 1. The van der Waals surface area contributed by atoms with Crippen LogP contribution in [0.15, 0.2) is 47.6 Å². The molecule has 8 heteroatoms. The zero-order valence-electron chi connectivity index (χ0n) is 18.9. The summed E-state index contributed by atoms with van der Waals surface area (Å²) >= 11 is 1.54. The molecule has 0 spiro atoms. The minimum atomic E-state index is -0.752. The Morgan fingerprint density at radius 3 is 2.67 bits per heavy atom. The average molecular weight is 460 g/mol. The topological polar surface area (TPSA) is 92.0 Å². The molecule has 1 aliphatic rings. The van der Waals surface area contributed by atoms with E-state index in [1.165, 1.54) is 0 Å². The van der Waals surface area contributed by atoms with Crippen molar-refractivity contribution in [3.63, 3.8) is 0 Å². The maximum Gasteiger partial charge on any atom is 0.247 e. The molecule has 1 amide bonds. The fourth-order valence-corrected chi connectivity index (χ4v) is 4.49. The number of aromatic nitrogens is 3. The van der Waals surface area contributed by atoms with Gasteiger partial charge in [0, 0.05) is 23.3 Å². The quantitative estimate of drug-likeness (QED) is 0.358. The van der Waals surface area contributed by atoms with E-state index in [1.807, 2.05) is 44.2 Å². The van der Waals surface area contributed by atoms with Crippen LogP contribution in [0.4, 0.5) is 5.69 Å². The molecule has 0 radical (unpaired) electrons. The van der Waals surface area contributed by atoms with Crippen molar-refractivity contribution < 1.29 is 9.53 Å². The van der Waals surface area contributed by atoms with Gasteiger partial charge in [0.25, 0.3) is 0 Å². The molecular weight excluding hydrogens is 434 g/mol. The number of benzene rings is 2. The van der Waals surface area contributed by atoms with Gasteiger partial charge in [0.2, 0.25) is 23.2 Å². The van der Waals surface area contributed by atoms with Crippen LogP contribution in [0.1, 0.15) is 56.0 Å². The Balaban J connectivity index is 1.88. The number of nitriles is 1. The minimum Gasteiger partial charge on any atom is -0.447 e. The van der Waals surface area contributed by atoms with Crippen LogP contribution < -0.4 is 9.64 Å². The van der Waals surface area contributed by atoms with Crippen molar-refractivity contribution in [1.82, 2.24) is 15.2 Å². The summed E-state index contributed by atoms with van der Waals surface area (Å²) in [4.78, 5) is 19.5. The fraction of sp³-hybridized carbons (Fsp3) is 0.320. The van der Waals surface area contributed by atoms with Gasteiger partial charge in [-0.25, -0.2) is 0 Å². The summed E-state index contributed by atoms with van der Waals surface area (Å²) in [7, 11) is 0. The molecule has 0 aliphatic carbocycles. The molecule has 0 bridgehead atoms. The van der Waals surface area contributed by atoms with E-state index in [0.717, 1.165) is 35.3 Å². The number of nitrogens with zero attached hydrogens (tertiary/aromatic N) is 5. The summed E-state index contributed by atoms with van der Waals surface area (Å²) < 4.78 is 6.42. The maximum absolute atomic E-state index is 13.2. The molecule has 33 heavy (non-hydrogen) atoms. The lowest BCUT2D eigenvalue weighted by Crippen LogP contribution is -2.37. The van der Waals surface area contributed by atoms with Gasteiger partial charge in [-0.15, -0.1) is 10.2 Å². The molecule has 1 atom stereocenters. The van der Waals surface area contributed by atoms with Crippen molar-refractivity contribution in [2.45, 2.75) is 51.4 Å². The third-order valence-corrected chi connectivity index (χ3v) is 6.31. The zero-order valence-corrected chi connectivity index (χ0v) is 19.7. The van der Waals surface area contributed by atoms with E-state index in [2.05, 4.69) is 28.2 Å². The molecule has 0 N–H and O–H groups in total. The predicted octanol–water partition coefficient (Wildman–Crippen LogP) is 5.45. The van der Waals surface area contributed by atoms with Crippen LogP contribution in [-0.2, 0) is 4.79 Å². The number of unbranched alkanes of at least 4 members (excludes halogenated alkanes) is 1. The van der Waals surface area contributed by atoms with Gasteiger partial charge in [0.05, 0.1) is 17.3 Å². The van der Waals surface area contributed by atoms with E-state index < -0.39 is 6.23 Å². The molecule has 1 aliphatic heterocycles. The molecule has 3 aromatic rings. The lowest BCUT2D eigenvalue weighted by molar-refractivity contribution is -0.120. The van der Waals surface area contributed by atoms with Gasteiger partial charge in [-0.2, -0.15) is 10.2 Å². The van der Waals surface area contributed by atoms with Crippen LogP contribution in [0.5, 0.6) is 5.88 Å². The highest BCUT2D eigenvalue weighted by molar-refractivity contribution is 7.99. The Morgan fingerprint density at radius 1 is 1.18 bits per heavy atom. The normalized spacial score (nSPS) is 14.5. The van der Waals surface area contributed by atoms with E-state index in [0.29, 0.717) is 34.4 Å². The highest BCUT2D eigenvalue weighted by atomic mass is 32.2. The van der Waals surface area contributed by atoms with Crippen molar-refractivity contribution in [2.75, 3.05) is 10.7 Å². The second-order valence-corrected chi connectivity index (χ2v) is 8.85. The van der Waals surface area contributed by atoms with Gasteiger partial charge in [0.15, 0.2) is 5.69 Å². The lowest BCUT2D eigenvalue weighted by Gasteiger charge is -2.30. The summed E-state index contributed by atoms with van der Waals surface area (Å²) in [5.74, 6) is 1.15. The molecule has 7 nitrogen and oxygen atoms in total. The van der Waals surface area contributed by atoms with Gasteiger partial charge in [-0.1, -0.05) is 55.8 Å². The molecule has 0 saturated heterocycles. The van der Waals surface area contributed by atoms with Crippen molar-refractivity contribution in [2.24, 2.45) is 0 Å². The predicted molar refractivity (Wildman–Crippen MR) is 128 cm³/mol. The number of fused-ring (bicyclic) bond motifs is 3. The molecular formula is C25H25N5O2S. The van der Waals surface area contributed by atoms with Gasteiger partial charge in [-0.05, 0) is 37.6 Å². The molecule has 2 heterocycles. The van der Waals surface area contributed by atoms with E-state index in [-0.39, 0.29) is 5.91 Å². The third-order valence-electron chi connectivity index (χ3n) is 5.38. The van der Waals surface area contributed by atoms with Gasteiger partial charge < -0.3 is 4.74 Å². The highest BCUT2D eigenvalue weighted by Gasteiger charge is 2.35. The Hall–Kier alpha value is -3.44. The van der Waals surface area contributed by atoms with Gasteiger partial charge in [-0.3, -0.25) is 9.69 Å². The van der Waals surface area contributed by atoms with Crippen molar-refractivity contribution in [3.05, 3.63) is 59.2 Å². The van der Waals surface area contributed by atoms with Crippen LogP contribution in [0.2, 0.25) is 0 Å². The first-order chi connectivity index (χ1) is 16.0. The molecule has 4 rings (SSSR count). The first kappa shape index (κ1) is 22.7. The molecule has 168 valence electrons. The first-order valence-corrected chi connectivity index (χ1v) is 12.0. The molecule has 0 fully saturated rings. The van der Waals surface area contributed by atoms with E-state index in [1.54, 1.807) is 28.8 Å². The summed E-state index contributed by atoms with van der Waals surface area (Å²) in [5.41, 5.74) is 4.28. The Labute approximate surface area is 197 Å². The number of thioether (sulfide) groups is 1. The Kier molecular flexibility index (Phi) is 6.90. The molecule has 0 saturated carbocycles. The smallest absolute Gasteiger partial charge is 0.247 e. The SMILES string of the molecule is CCCCSc1nnc2c(n1)O[C@@H](c1ccc(C#N)cc1)N(C(=O)CC)c1ccc(C)cc1-2. The van der Waals surface area contributed by atoms with E-state index in [4.69, 9.17) is 4.74 Å². The summed E-state index contributed by atoms with van der Waals surface area (Å²) in [6.45, 7) is 5.96. The highest BCUT2D eigenvalue weighted by Crippen LogP contribution is 2.44. The summed E-state index contributed by atoms with van der Waals surface area (Å²) in [6.07, 6.45) is 1.69. The monoisotopic (exact) mass is 459 g/mol. The average Bonchev–Trinajstić information content (AvgIpc) is 2.98. The number of carbonyl (C=O) groups excluding carboxylic acids is 1.